The molecule has 0 bridgehead atoms. The summed E-state index contributed by atoms with van der Waals surface area (Å²) >= 11 is 0. The van der Waals surface area contributed by atoms with Gasteiger partial charge in [-0.3, -0.25) is 0 Å². The van der Waals surface area contributed by atoms with Crippen molar-refractivity contribution in [2.24, 2.45) is 0 Å². The molecule has 2 rings (SSSR count). The van der Waals surface area contributed by atoms with Gasteiger partial charge in [0.15, 0.2) is 5.82 Å². The number of nitrogens with zero attached hydrogens (tertiary/aromatic N) is 4. The molecule has 0 atom stereocenters. The van der Waals surface area contributed by atoms with Crippen LogP contribution in [0.1, 0.15) is 26.2 Å². The predicted octanol–water partition coefficient (Wildman–Crippen LogP) is 2.26. The molecule has 1 N–H and O–H groups in total. The standard InChI is InChI=1S/C12H17N5/c1-2-3-4-7-13-12-14-9-6-11(16-12)17-10-5-8-15-17/h5-6,8-10H,2-4,7H2,1H3,(H,13,14,16). The molecular formula is C12H17N5. The molecule has 2 heterocycles. The summed E-state index contributed by atoms with van der Waals surface area (Å²) < 4.78 is 1.72. The van der Waals surface area contributed by atoms with E-state index in [2.05, 4.69) is 27.3 Å². The fourth-order valence-corrected chi connectivity index (χ4v) is 1.54. The quantitative estimate of drug-likeness (QED) is 0.775. The van der Waals surface area contributed by atoms with Crippen molar-refractivity contribution in [3.8, 4) is 5.82 Å². The Labute approximate surface area is 101 Å². The fraction of sp³-hybridized carbons (Fsp3) is 0.417. The van der Waals surface area contributed by atoms with Crippen LogP contribution < -0.4 is 5.32 Å². The van der Waals surface area contributed by atoms with Crippen LogP contribution >= 0.6 is 0 Å². The number of hydrogen-bond donors (Lipinski definition) is 1. The minimum absolute atomic E-state index is 0.661. The summed E-state index contributed by atoms with van der Waals surface area (Å²) in [4.78, 5) is 8.57. The van der Waals surface area contributed by atoms with Crippen molar-refractivity contribution in [1.29, 1.82) is 0 Å². The zero-order valence-electron chi connectivity index (χ0n) is 10.0. The van der Waals surface area contributed by atoms with Gasteiger partial charge in [0.1, 0.15) is 0 Å². The molecule has 90 valence electrons. The number of unbranched alkanes of at least 4 members (excludes halogenated alkanes) is 2. The summed E-state index contributed by atoms with van der Waals surface area (Å²) in [6, 6.07) is 3.71. The smallest absolute Gasteiger partial charge is 0.224 e. The molecule has 0 aliphatic carbocycles. The Kier molecular flexibility index (Phi) is 4.07. The predicted molar refractivity (Wildman–Crippen MR) is 67.2 cm³/mol. The van der Waals surface area contributed by atoms with E-state index in [1.54, 1.807) is 17.1 Å². The summed E-state index contributed by atoms with van der Waals surface area (Å²) in [7, 11) is 0. The second-order valence-electron chi connectivity index (χ2n) is 3.82. The first kappa shape index (κ1) is 11.6. The highest BCUT2D eigenvalue weighted by atomic mass is 15.3. The van der Waals surface area contributed by atoms with Crippen molar-refractivity contribution in [2.45, 2.75) is 26.2 Å². The molecule has 5 heteroatoms. The van der Waals surface area contributed by atoms with Gasteiger partial charge in [-0.25, -0.2) is 9.67 Å². The van der Waals surface area contributed by atoms with E-state index in [0.29, 0.717) is 5.95 Å². The van der Waals surface area contributed by atoms with E-state index in [0.717, 1.165) is 18.8 Å². The molecule has 0 amide bonds. The van der Waals surface area contributed by atoms with Crippen molar-refractivity contribution in [2.75, 3.05) is 11.9 Å². The minimum Gasteiger partial charge on any atom is -0.354 e. The highest BCUT2D eigenvalue weighted by Gasteiger charge is 2.00. The van der Waals surface area contributed by atoms with Crippen LogP contribution in [0.2, 0.25) is 0 Å². The fourth-order valence-electron chi connectivity index (χ4n) is 1.54. The van der Waals surface area contributed by atoms with E-state index in [1.807, 2.05) is 18.3 Å². The van der Waals surface area contributed by atoms with Crippen LogP contribution in [0, 0.1) is 0 Å². The third-order valence-electron chi connectivity index (χ3n) is 2.44. The monoisotopic (exact) mass is 231 g/mol. The molecule has 0 spiro atoms. The lowest BCUT2D eigenvalue weighted by Gasteiger charge is -2.05. The number of nitrogens with one attached hydrogen (secondary N) is 1. The SMILES string of the molecule is CCCCCNc1nccc(-n2cccn2)n1. The summed E-state index contributed by atoms with van der Waals surface area (Å²) in [5.41, 5.74) is 0. The summed E-state index contributed by atoms with van der Waals surface area (Å²) in [5.74, 6) is 1.44. The number of rotatable bonds is 6. The van der Waals surface area contributed by atoms with Crippen LogP contribution in [-0.4, -0.2) is 26.3 Å². The Morgan fingerprint density at radius 2 is 2.24 bits per heavy atom. The first-order valence-corrected chi connectivity index (χ1v) is 5.97. The summed E-state index contributed by atoms with van der Waals surface area (Å²) in [5, 5.41) is 7.35. The number of anilines is 1. The topological polar surface area (TPSA) is 55.6 Å². The van der Waals surface area contributed by atoms with Gasteiger partial charge in [0.05, 0.1) is 0 Å². The van der Waals surface area contributed by atoms with Crippen LogP contribution in [0.5, 0.6) is 0 Å². The van der Waals surface area contributed by atoms with Gasteiger partial charge in [-0.1, -0.05) is 19.8 Å². The molecule has 17 heavy (non-hydrogen) atoms. The van der Waals surface area contributed by atoms with E-state index in [9.17, 15) is 0 Å². The Morgan fingerprint density at radius 3 is 3.00 bits per heavy atom. The van der Waals surface area contributed by atoms with Gasteiger partial charge in [-0.05, 0) is 12.5 Å². The summed E-state index contributed by atoms with van der Waals surface area (Å²) in [6.07, 6.45) is 8.93. The lowest BCUT2D eigenvalue weighted by molar-refractivity contribution is 0.739. The zero-order valence-corrected chi connectivity index (χ0v) is 10.0. The molecule has 2 aromatic heterocycles. The van der Waals surface area contributed by atoms with Crippen LogP contribution in [0.3, 0.4) is 0 Å². The highest BCUT2D eigenvalue weighted by molar-refractivity contribution is 5.30. The average Bonchev–Trinajstić information content (AvgIpc) is 2.89. The second-order valence-corrected chi connectivity index (χ2v) is 3.82. The largest absolute Gasteiger partial charge is 0.354 e. The van der Waals surface area contributed by atoms with Gasteiger partial charge in [0, 0.05) is 31.2 Å². The maximum atomic E-state index is 4.39. The van der Waals surface area contributed by atoms with Gasteiger partial charge < -0.3 is 5.32 Å². The van der Waals surface area contributed by atoms with E-state index in [1.165, 1.54) is 12.8 Å². The van der Waals surface area contributed by atoms with E-state index in [4.69, 9.17) is 0 Å². The Morgan fingerprint density at radius 1 is 1.29 bits per heavy atom. The number of aromatic nitrogens is 4. The van der Waals surface area contributed by atoms with Gasteiger partial charge in [-0.2, -0.15) is 10.1 Å². The highest BCUT2D eigenvalue weighted by Crippen LogP contribution is 2.05. The Bertz CT molecular complexity index is 438. The molecule has 0 fully saturated rings. The van der Waals surface area contributed by atoms with Crippen LogP contribution in [0.4, 0.5) is 5.95 Å². The van der Waals surface area contributed by atoms with Gasteiger partial charge >= 0.3 is 0 Å². The lowest BCUT2D eigenvalue weighted by Crippen LogP contribution is -2.07. The van der Waals surface area contributed by atoms with Gasteiger partial charge in [0.2, 0.25) is 5.95 Å². The maximum Gasteiger partial charge on any atom is 0.224 e. The molecule has 2 aromatic rings. The van der Waals surface area contributed by atoms with Crippen molar-refractivity contribution < 1.29 is 0 Å². The Hall–Kier alpha value is -1.91. The normalized spacial score (nSPS) is 10.4. The molecule has 0 saturated heterocycles. The molecule has 0 aliphatic heterocycles. The van der Waals surface area contributed by atoms with E-state index >= 15 is 0 Å². The molecule has 0 saturated carbocycles. The molecule has 0 aliphatic rings. The van der Waals surface area contributed by atoms with E-state index in [-0.39, 0.29) is 0 Å². The number of hydrogen-bond acceptors (Lipinski definition) is 4. The lowest BCUT2D eigenvalue weighted by atomic mass is 10.2. The van der Waals surface area contributed by atoms with Gasteiger partial charge in [-0.15, -0.1) is 0 Å². The van der Waals surface area contributed by atoms with Crippen LogP contribution in [0.25, 0.3) is 5.82 Å². The first-order valence-electron chi connectivity index (χ1n) is 5.97. The molecule has 0 unspecified atom stereocenters. The van der Waals surface area contributed by atoms with E-state index < -0.39 is 0 Å². The van der Waals surface area contributed by atoms with Crippen LogP contribution in [0.15, 0.2) is 30.7 Å². The molecular weight excluding hydrogens is 214 g/mol. The van der Waals surface area contributed by atoms with Crippen molar-refractivity contribution >= 4 is 5.95 Å². The van der Waals surface area contributed by atoms with Crippen molar-refractivity contribution in [3.63, 3.8) is 0 Å². The van der Waals surface area contributed by atoms with Gasteiger partial charge in [0.25, 0.3) is 0 Å². The summed E-state index contributed by atoms with van der Waals surface area (Å²) in [6.45, 7) is 3.10. The second kappa shape index (κ2) is 5.98. The molecule has 0 radical (unpaired) electrons. The average molecular weight is 231 g/mol. The van der Waals surface area contributed by atoms with Crippen molar-refractivity contribution in [1.82, 2.24) is 19.7 Å². The third kappa shape index (κ3) is 3.27. The Balaban J connectivity index is 1.97. The zero-order chi connectivity index (χ0) is 11.9. The molecule has 5 nitrogen and oxygen atoms in total. The molecule has 0 aromatic carbocycles. The van der Waals surface area contributed by atoms with Crippen molar-refractivity contribution in [3.05, 3.63) is 30.7 Å². The maximum absolute atomic E-state index is 4.39. The van der Waals surface area contributed by atoms with Crippen LogP contribution in [-0.2, 0) is 0 Å². The minimum atomic E-state index is 0.661. The first-order chi connectivity index (χ1) is 8.40. The third-order valence-corrected chi connectivity index (χ3v) is 2.44.